The number of anilines is 1. The number of rotatable bonds is 11. The van der Waals surface area contributed by atoms with Crippen molar-refractivity contribution in [2.24, 2.45) is 0 Å². The summed E-state index contributed by atoms with van der Waals surface area (Å²) in [6, 6.07) is 16.3. The van der Waals surface area contributed by atoms with Crippen molar-refractivity contribution in [2.75, 3.05) is 18.0 Å². The lowest BCUT2D eigenvalue weighted by atomic mass is 10.1. The first kappa shape index (κ1) is 31.9. The number of halogens is 3. The number of nitrogens with one attached hydrogen (secondary N) is 1. The van der Waals surface area contributed by atoms with E-state index in [-0.39, 0.29) is 39.8 Å². The third-order valence-corrected chi connectivity index (χ3v) is 9.97. The van der Waals surface area contributed by atoms with E-state index >= 15 is 0 Å². The van der Waals surface area contributed by atoms with Crippen LogP contribution < -0.4 is 14.4 Å². The number of nitrogens with zero attached hydrogens (tertiary/aromatic N) is 2. The maximum atomic E-state index is 14.1. The SMILES string of the molecule is COc1ccc(Cl)cc1N(CC(=O)N(Cc1ccc(Cl)c(Cl)c1)[C@H](C)C(=O)NC1CCCC1)S(=O)(=O)c1ccccc1. The molecule has 0 aliphatic heterocycles. The Balaban J connectivity index is 1.74. The molecule has 1 aliphatic carbocycles. The maximum absolute atomic E-state index is 14.1. The third-order valence-electron chi connectivity index (χ3n) is 7.23. The zero-order valence-corrected chi connectivity index (χ0v) is 26.3. The van der Waals surface area contributed by atoms with Gasteiger partial charge in [0.25, 0.3) is 10.0 Å². The molecule has 0 saturated heterocycles. The van der Waals surface area contributed by atoms with Crippen LogP contribution in [0.2, 0.25) is 15.1 Å². The van der Waals surface area contributed by atoms with Crippen LogP contribution in [0.5, 0.6) is 5.75 Å². The summed E-state index contributed by atoms with van der Waals surface area (Å²) in [5.41, 5.74) is 0.704. The van der Waals surface area contributed by atoms with E-state index in [0.717, 1.165) is 30.0 Å². The summed E-state index contributed by atoms with van der Waals surface area (Å²) in [6.07, 6.45) is 3.80. The van der Waals surface area contributed by atoms with Gasteiger partial charge in [0.15, 0.2) is 0 Å². The molecule has 3 aromatic rings. The van der Waals surface area contributed by atoms with Crippen LogP contribution in [0.25, 0.3) is 0 Å². The van der Waals surface area contributed by atoms with Crippen molar-refractivity contribution >= 4 is 62.3 Å². The van der Waals surface area contributed by atoms with Crippen molar-refractivity contribution in [2.45, 2.75) is 56.1 Å². The van der Waals surface area contributed by atoms with E-state index in [4.69, 9.17) is 39.5 Å². The van der Waals surface area contributed by atoms with Gasteiger partial charge in [0, 0.05) is 17.6 Å². The fourth-order valence-electron chi connectivity index (χ4n) is 4.90. The van der Waals surface area contributed by atoms with Crippen molar-refractivity contribution < 1.29 is 22.7 Å². The monoisotopic (exact) mass is 651 g/mol. The molecule has 0 aromatic heterocycles. The largest absolute Gasteiger partial charge is 0.495 e. The summed E-state index contributed by atoms with van der Waals surface area (Å²) in [6.45, 7) is 0.979. The number of hydrogen-bond donors (Lipinski definition) is 1. The van der Waals surface area contributed by atoms with E-state index in [1.54, 1.807) is 49.4 Å². The number of ether oxygens (including phenoxy) is 1. The van der Waals surface area contributed by atoms with E-state index in [2.05, 4.69) is 5.32 Å². The van der Waals surface area contributed by atoms with Gasteiger partial charge in [-0.3, -0.25) is 13.9 Å². The van der Waals surface area contributed by atoms with Gasteiger partial charge in [-0.15, -0.1) is 0 Å². The summed E-state index contributed by atoms with van der Waals surface area (Å²) in [4.78, 5) is 28.8. The second kappa shape index (κ2) is 14.0. The number of sulfonamides is 1. The first-order chi connectivity index (χ1) is 20.0. The molecule has 1 saturated carbocycles. The number of benzene rings is 3. The number of hydrogen-bond acceptors (Lipinski definition) is 5. The first-order valence-electron chi connectivity index (χ1n) is 13.5. The van der Waals surface area contributed by atoms with E-state index in [1.165, 1.54) is 36.3 Å². The molecule has 1 N–H and O–H groups in total. The Labute approximate surface area is 261 Å². The fourth-order valence-corrected chi connectivity index (χ4v) is 6.82. The van der Waals surface area contributed by atoms with Crippen LogP contribution in [-0.4, -0.2) is 50.9 Å². The van der Waals surface area contributed by atoms with Crippen LogP contribution in [0.1, 0.15) is 38.2 Å². The normalized spacial score (nSPS) is 14.3. The minimum absolute atomic E-state index is 0.0130. The van der Waals surface area contributed by atoms with Crippen LogP contribution in [0.15, 0.2) is 71.6 Å². The highest BCUT2D eigenvalue weighted by Crippen LogP contribution is 2.35. The van der Waals surface area contributed by atoms with Gasteiger partial charge in [-0.25, -0.2) is 8.42 Å². The highest BCUT2D eigenvalue weighted by Gasteiger charge is 2.34. The van der Waals surface area contributed by atoms with Crippen LogP contribution in [0.3, 0.4) is 0 Å². The standard InChI is InChI=1S/C30H32Cl3N3O5S/c1-20(30(38)34-23-8-6-7-9-23)35(18-21-12-14-25(32)26(33)16-21)29(37)19-36(27-17-22(31)13-15-28(27)41-2)42(39,40)24-10-4-3-5-11-24/h3-5,10-17,20,23H,6-9,18-19H2,1-2H3,(H,34,38)/t20-/m1/s1. The van der Waals surface area contributed by atoms with E-state index in [1.807, 2.05) is 0 Å². The topological polar surface area (TPSA) is 96.0 Å². The summed E-state index contributed by atoms with van der Waals surface area (Å²) >= 11 is 18.6. The molecule has 12 heteroatoms. The lowest BCUT2D eigenvalue weighted by Gasteiger charge is -2.33. The van der Waals surface area contributed by atoms with E-state index in [9.17, 15) is 18.0 Å². The molecule has 0 bridgehead atoms. The number of carbonyl (C=O) groups excluding carboxylic acids is 2. The summed E-state index contributed by atoms with van der Waals surface area (Å²) in [5, 5.41) is 3.93. The molecular formula is C30H32Cl3N3O5S. The predicted molar refractivity (Wildman–Crippen MR) is 166 cm³/mol. The van der Waals surface area contributed by atoms with Gasteiger partial charge < -0.3 is 15.0 Å². The Kier molecular flexibility index (Phi) is 10.6. The lowest BCUT2D eigenvalue weighted by molar-refractivity contribution is -0.139. The second-order valence-electron chi connectivity index (χ2n) is 10.1. The Bertz CT molecular complexity index is 1530. The molecule has 0 unspecified atom stereocenters. The van der Waals surface area contributed by atoms with Crippen LogP contribution >= 0.6 is 34.8 Å². The molecule has 224 valence electrons. The Morgan fingerprint density at radius 2 is 1.67 bits per heavy atom. The molecule has 0 radical (unpaired) electrons. The van der Waals surface area contributed by atoms with Gasteiger partial charge in [-0.1, -0.05) is 71.9 Å². The summed E-state index contributed by atoms with van der Waals surface area (Å²) in [7, 11) is -2.88. The van der Waals surface area contributed by atoms with E-state index in [0.29, 0.717) is 15.6 Å². The van der Waals surface area contributed by atoms with Crippen molar-refractivity contribution in [1.29, 1.82) is 0 Å². The Morgan fingerprint density at radius 1 is 0.976 bits per heavy atom. The maximum Gasteiger partial charge on any atom is 0.264 e. The van der Waals surface area contributed by atoms with Gasteiger partial charge >= 0.3 is 0 Å². The van der Waals surface area contributed by atoms with Gasteiger partial charge in [-0.05, 0) is 67.8 Å². The first-order valence-corrected chi connectivity index (χ1v) is 16.0. The van der Waals surface area contributed by atoms with Crippen molar-refractivity contribution in [3.05, 3.63) is 87.4 Å². The molecule has 0 heterocycles. The van der Waals surface area contributed by atoms with Gasteiger partial charge in [0.1, 0.15) is 18.3 Å². The molecule has 8 nitrogen and oxygen atoms in total. The summed E-state index contributed by atoms with van der Waals surface area (Å²) < 4.78 is 34.4. The number of amides is 2. The Morgan fingerprint density at radius 3 is 2.31 bits per heavy atom. The van der Waals surface area contributed by atoms with Gasteiger partial charge in [0.2, 0.25) is 11.8 Å². The van der Waals surface area contributed by atoms with Crippen LogP contribution in [-0.2, 0) is 26.2 Å². The highest BCUT2D eigenvalue weighted by atomic mass is 35.5. The zero-order valence-electron chi connectivity index (χ0n) is 23.2. The highest BCUT2D eigenvalue weighted by molar-refractivity contribution is 7.92. The third kappa shape index (κ3) is 7.50. The fraction of sp³-hybridized carbons (Fsp3) is 0.333. The molecule has 4 rings (SSSR count). The predicted octanol–water partition coefficient (Wildman–Crippen LogP) is 6.33. The smallest absolute Gasteiger partial charge is 0.264 e. The zero-order chi connectivity index (χ0) is 30.4. The van der Waals surface area contributed by atoms with Crippen molar-refractivity contribution in [3.63, 3.8) is 0 Å². The average molecular weight is 653 g/mol. The minimum atomic E-state index is -4.27. The number of carbonyl (C=O) groups is 2. The molecule has 1 fully saturated rings. The van der Waals surface area contributed by atoms with Crippen molar-refractivity contribution in [1.82, 2.24) is 10.2 Å². The Hall–Kier alpha value is -2.98. The molecule has 1 aliphatic rings. The van der Waals surface area contributed by atoms with Crippen LogP contribution in [0.4, 0.5) is 5.69 Å². The van der Waals surface area contributed by atoms with Crippen LogP contribution in [0, 0.1) is 0 Å². The second-order valence-corrected chi connectivity index (χ2v) is 13.2. The molecular weight excluding hydrogens is 621 g/mol. The van der Waals surface area contributed by atoms with E-state index < -0.39 is 28.5 Å². The lowest BCUT2D eigenvalue weighted by Crippen LogP contribution is -2.52. The molecule has 42 heavy (non-hydrogen) atoms. The molecule has 0 spiro atoms. The minimum Gasteiger partial charge on any atom is -0.495 e. The molecule has 1 atom stereocenters. The van der Waals surface area contributed by atoms with Gasteiger partial charge in [-0.2, -0.15) is 0 Å². The van der Waals surface area contributed by atoms with Gasteiger partial charge in [0.05, 0.1) is 27.7 Å². The quantitative estimate of drug-likeness (QED) is 0.261. The summed E-state index contributed by atoms with van der Waals surface area (Å²) in [5.74, 6) is -0.737. The average Bonchev–Trinajstić information content (AvgIpc) is 3.49. The number of methoxy groups -OCH3 is 1. The van der Waals surface area contributed by atoms with Crippen molar-refractivity contribution in [3.8, 4) is 5.75 Å². The molecule has 3 aromatic carbocycles. The molecule has 2 amide bonds.